The molecule has 0 saturated carbocycles. The number of benzene rings is 1. The number of carboxylic acid groups (broad SMARTS) is 1. The molecule has 1 aromatic heterocycles. The fourth-order valence-corrected chi connectivity index (χ4v) is 3.71. The molecule has 0 bridgehead atoms. The molecule has 0 aliphatic rings. The number of hydrogen-bond donors (Lipinski definition) is 2. The smallest absolute Gasteiger partial charge is 0.303 e. The van der Waals surface area contributed by atoms with E-state index in [9.17, 15) is 13.2 Å². The van der Waals surface area contributed by atoms with Gasteiger partial charge in [0.1, 0.15) is 4.21 Å². The zero-order valence-corrected chi connectivity index (χ0v) is 12.1. The molecule has 0 spiro atoms. The molecule has 0 saturated heterocycles. The monoisotopic (exact) mass is 311 g/mol. The van der Waals surface area contributed by atoms with Crippen LogP contribution in [0.15, 0.2) is 46.0 Å². The second-order valence-corrected chi connectivity index (χ2v) is 6.99. The quantitative estimate of drug-likeness (QED) is 0.859. The van der Waals surface area contributed by atoms with Crippen LogP contribution in [0.25, 0.3) is 0 Å². The molecule has 1 aromatic carbocycles. The van der Waals surface area contributed by atoms with Gasteiger partial charge in [-0.15, -0.1) is 11.3 Å². The van der Waals surface area contributed by atoms with E-state index in [2.05, 4.69) is 4.72 Å². The summed E-state index contributed by atoms with van der Waals surface area (Å²) in [5, 5.41) is 10.3. The molecule has 1 heterocycles. The topological polar surface area (TPSA) is 83.5 Å². The molecule has 20 heavy (non-hydrogen) atoms. The lowest BCUT2D eigenvalue weighted by molar-refractivity contribution is -0.136. The van der Waals surface area contributed by atoms with E-state index in [4.69, 9.17) is 5.11 Å². The van der Waals surface area contributed by atoms with Crippen molar-refractivity contribution in [2.45, 2.75) is 17.1 Å². The Hall–Kier alpha value is -1.86. The van der Waals surface area contributed by atoms with Crippen LogP contribution in [0.3, 0.4) is 0 Å². The van der Waals surface area contributed by atoms with Crippen molar-refractivity contribution in [2.24, 2.45) is 0 Å². The van der Waals surface area contributed by atoms with Crippen molar-refractivity contribution in [3.05, 3.63) is 47.3 Å². The average molecular weight is 311 g/mol. The molecule has 5 nitrogen and oxygen atoms in total. The second-order valence-electron chi connectivity index (χ2n) is 4.13. The maximum absolute atomic E-state index is 12.0. The lowest BCUT2D eigenvalue weighted by Crippen LogP contribution is -2.11. The summed E-state index contributed by atoms with van der Waals surface area (Å²) in [5.74, 6) is -0.880. The van der Waals surface area contributed by atoms with Crippen LogP contribution in [0, 0.1) is 0 Å². The van der Waals surface area contributed by atoms with Crippen molar-refractivity contribution in [3.8, 4) is 0 Å². The molecule has 0 fully saturated rings. The van der Waals surface area contributed by atoms with Gasteiger partial charge in [0, 0.05) is 12.1 Å². The number of hydrogen-bond acceptors (Lipinski definition) is 4. The number of rotatable bonds is 6. The Labute approximate surface area is 120 Å². The maximum Gasteiger partial charge on any atom is 0.303 e. The molecule has 0 radical (unpaired) electrons. The Bertz CT molecular complexity index is 693. The molecule has 2 aromatic rings. The normalized spacial score (nSPS) is 11.2. The van der Waals surface area contributed by atoms with Crippen molar-refractivity contribution >= 4 is 33.0 Å². The Morgan fingerprint density at radius 1 is 1.25 bits per heavy atom. The minimum Gasteiger partial charge on any atom is -0.481 e. The summed E-state index contributed by atoms with van der Waals surface area (Å²) >= 11 is 1.14. The number of carbonyl (C=O) groups is 1. The second kappa shape index (κ2) is 6.06. The molecule has 0 aliphatic heterocycles. The lowest BCUT2D eigenvalue weighted by Gasteiger charge is -2.07. The molecular weight excluding hydrogens is 298 g/mol. The number of thiophene rings is 1. The van der Waals surface area contributed by atoms with E-state index in [0.717, 1.165) is 16.9 Å². The molecule has 0 atom stereocenters. The van der Waals surface area contributed by atoms with Crippen LogP contribution in [0.4, 0.5) is 5.69 Å². The van der Waals surface area contributed by atoms with Crippen molar-refractivity contribution < 1.29 is 18.3 Å². The highest BCUT2D eigenvalue weighted by atomic mass is 32.2. The summed E-state index contributed by atoms with van der Waals surface area (Å²) in [6.07, 6.45) is 0.380. The highest BCUT2D eigenvalue weighted by Crippen LogP contribution is 2.21. The van der Waals surface area contributed by atoms with E-state index in [1.54, 1.807) is 35.7 Å². The molecule has 2 rings (SSSR count). The first kappa shape index (κ1) is 14.5. The summed E-state index contributed by atoms with van der Waals surface area (Å²) in [7, 11) is -3.57. The van der Waals surface area contributed by atoms with Crippen LogP contribution < -0.4 is 4.72 Å². The molecule has 7 heteroatoms. The highest BCUT2D eigenvalue weighted by Gasteiger charge is 2.15. The van der Waals surface area contributed by atoms with Crippen LogP contribution in [0.2, 0.25) is 0 Å². The summed E-state index contributed by atoms with van der Waals surface area (Å²) in [5.41, 5.74) is 1.21. The Morgan fingerprint density at radius 2 is 2.05 bits per heavy atom. The van der Waals surface area contributed by atoms with Crippen LogP contribution in [-0.4, -0.2) is 19.5 Å². The van der Waals surface area contributed by atoms with Crippen LogP contribution in [0.5, 0.6) is 0 Å². The Balaban J connectivity index is 2.14. The van der Waals surface area contributed by atoms with Crippen LogP contribution in [0.1, 0.15) is 12.0 Å². The first-order chi connectivity index (χ1) is 9.47. The fraction of sp³-hybridized carbons (Fsp3) is 0.154. The number of sulfonamides is 1. The standard InChI is InChI=1S/C13H13NO4S2/c15-12(16)7-6-10-3-1-4-11(9-10)14-20(17,18)13-5-2-8-19-13/h1-5,8-9,14H,6-7H2,(H,15,16). The molecule has 2 N–H and O–H groups in total. The van der Waals surface area contributed by atoms with Gasteiger partial charge in [-0.1, -0.05) is 18.2 Å². The average Bonchev–Trinajstić information content (AvgIpc) is 2.91. The van der Waals surface area contributed by atoms with E-state index in [-0.39, 0.29) is 10.6 Å². The summed E-state index contributed by atoms with van der Waals surface area (Å²) in [6, 6.07) is 9.95. The van der Waals surface area contributed by atoms with Gasteiger partial charge in [0.25, 0.3) is 10.0 Å². The maximum atomic E-state index is 12.0. The zero-order chi connectivity index (χ0) is 14.6. The van der Waals surface area contributed by atoms with Gasteiger partial charge in [0.05, 0.1) is 0 Å². The van der Waals surface area contributed by atoms with Gasteiger partial charge in [0.15, 0.2) is 0 Å². The third kappa shape index (κ3) is 3.82. The van der Waals surface area contributed by atoms with E-state index < -0.39 is 16.0 Å². The Morgan fingerprint density at radius 3 is 2.70 bits per heavy atom. The van der Waals surface area contributed by atoms with Crippen LogP contribution >= 0.6 is 11.3 Å². The molecule has 0 amide bonds. The number of carboxylic acids is 1. The first-order valence-corrected chi connectivity index (χ1v) is 8.21. The van der Waals surface area contributed by atoms with Crippen LogP contribution in [-0.2, 0) is 21.2 Å². The lowest BCUT2D eigenvalue weighted by atomic mass is 10.1. The third-order valence-corrected chi connectivity index (χ3v) is 5.35. The number of anilines is 1. The Kier molecular flexibility index (Phi) is 4.41. The largest absolute Gasteiger partial charge is 0.481 e. The summed E-state index contributed by atoms with van der Waals surface area (Å²) in [6.45, 7) is 0. The fourth-order valence-electron chi connectivity index (χ4n) is 1.66. The van der Waals surface area contributed by atoms with Gasteiger partial charge in [-0.05, 0) is 35.6 Å². The van der Waals surface area contributed by atoms with Gasteiger partial charge >= 0.3 is 5.97 Å². The van der Waals surface area contributed by atoms with Crippen molar-refractivity contribution in [1.29, 1.82) is 0 Å². The molecular formula is C13H13NO4S2. The van der Waals surface area contributed by atoms with Gasteiger partial charge in [-0.2, -0.15) is 0 Å². The molecule has 0 unspecified atom stereocenters. The first-order valence-electron chi connectivity index (χ1n) is 5.84. The molecule has 0 aliphatic carbocycles. The van der Waals surface area contributed by atoms with Gasteiger partial charge < -0.3 is 5.11 Å². The van der Waals surface area contributed by atoms with Gasteiger partial charge in [0.2, 0.25) is 0 Å². The number of aliphatic carboxylic acids is 1. The zero-order valence-electron chi connectivity index (χ0n) is 10.4. The number of nitrogens with one attached hydrogen (secondary N) is 1. The van der Waals surface area contributed by atoms with E-state index >= 15 is 0 Å². The predicted molar refractivity (Wildman–Crippen MR) is 77.5 cm³/mol. The number of aryl methyl sites for hydroxylation is 1. The SMILES string of the molecule is O=C(O)CCc1cccc(NS(=O)(=O)c2cccs2)c1. The van der Waals surface area contributed by atoms with Crippen molar-refractivity contribution in [2.75, 3.05) is 4.72 Å². The third-order valence-electron chi connectivity index (χ3n) is 2.57. The van der Waals surface area contributed by atoms with E-state index in [1.165, 1.54) is 6.07 Å². The minimum absolute atomic E-state index is 0.0150. The van der Waals surface area contributed by atoms with Crippen molar-refractivity contribution in [1.82, 2.24) is 0 Å². The van der Waals surface area contributed by atoms with E-state index in [0.29, 0.717) is 12.1 Å². The minimum atomic E-state index is -3.57. The highest BCUT2D eigenvalue weighted by molar-refractivity contribution is 7.94. The predicted octanol–water partition coefficient (Wildman–Crippen LogP) is 2.57. The van der Waals surface area contributed by atoms with Gasteiger partial charge in [-0.3, -0.25) is 9.52 Å². The van der Waals surface area contributed by atoms with E-state index in [1.807, 2.05) is 0 Å². The van der Waals surface area contributed by atoms with Crippen molar-refractivity contribution in [3.63, 3.8) is 0 Å². The molecule has 106 valence electrons. The summed E-state index contributed by atoms with van der Waals surface area (Å²) < 4.78 is 26.8. The van der Waals surface area contributed by atoms with Gasteiger partial charge in [-0.25, -0.2) is 8.42 Å². The summed E-state index contributed by atoms with van der Waals surface area (Å²) in [4.78, 5) is 10.5.